The number of aromatic nitrogens is 1. The second-order valence-corrected chi connectivity index (χ2v) is 6.17. The Hall–Kier alpha value is -3.08. The van der Waals surface area contributed by atoms with E-state index < -0.39 is 0 Å². The number of carbonyl (C=O) groups excluding carboxylic acids is 1. The van der Waals surface area contributed by atoms with Crippen molar-refractivity contribution in [3.63, 3.8) is 0 Å². The van der Waals surface area contributed by atoms with E-state index in [-0.39, 0.29) is 5.91 Å². The third-order valence-electron chi connectivity index (χ3n) is 4.16. The van der Waals surface area contributed by atoms with Crippen LogP contribution in [0.15, 0.2) is 59.1 Å². The number of ether oxygens (including phenoxy) is 1. The van der Waals surface area contributed by atoms with Gasteiger partial charge in [0.1, 0.15) is 11.4 Å². The SMILES string of the molecule is COc1ccc(CCC(=O)NCc2cc(-c3ccc(C)cc3)on2)cc1. The molecule has 3 rings (SSSR count). The molecule has 0 aliphatic heterocycles. The number of hydrogen-bond donors (Lipinski definition) is 1. The lowest BCUT2D eigenvalue weighted by molar-refractivity contribution is -0.121. The van der Waals surface area contributed by atoms with Crippen molar-refractivity contribution >= 4 is 5.91 Å². The van der Waals surface area contributed by atoms with Crippen LogP contribution < -0.4 is 10.1 Å². The molecule has 0 aliphatic carbocycles. The molecule has 26 heavy (non-hydrogen) atoms. The van der Waals surface area contributed by atoms with Crippen molar-refractivity contribution in [1.29, 1.82) is 0 Å². The lowest BCUT2D eigenvalue weighted by Crippen LogP contribution is -2.23. The van der Waals surface area contributed by atoms with E-state index in [2.05, 4.69) is 10.5 Å². The molecule has 1 N–H and O–H groups in total. The predicted octanol–water partition coefficient (Wildman–Crippen LogP) is 3.91. The number of amides is 1. The first-order valence-corrected chi connectivity index (χ1v) is 8.56. The predicted molar refractivity (Wildman–Crippen MR) is 99.8 cm³/mol. The van der Waals surface area contributed by atoms with Gasteiger partial charge in [-0.1, -0.05) is 47.1 Å². The third-order valence-corrected chi connectivity index (χ3v) is 4.16. The van der Waals surface area contributed by atoms with E-state index in [9.17, 15) is 4.79 Å². The Kier molecular flexibility index (Phi) is 5.69. The van der Waals surface area contributed by atoms with Crippen molar-refractivity contribution in [3.05, 3.63) is 71.4 Å². The third kappa shape index (κ3) is 4.72. The van der Waals surface area contributed by atoms with Gasteiger partial charge < -0.3 is 14.6 Å². The average molecular weight is 350 g/mol. The largest absolute Gasteiger partial charge is 0.497 e. The fraction of sp³-hybridized carbons (Fsp3) is 0.238. The summed E-state index contributed by atoms with van der Waals surface area (Å²) in [5.74, 6) is 1.50. The van der Waals surface area contributed by atoms with Gasteiger partial charge in [0, 0.05) is 18.1 Å². The molecule has 0 bridgehead atoms. The molecule has 1 amide bonds. The van der Waals surface area contributed by atoms with Gasteiger partial charge in [-0.3, -0.25) is 4.79 Å². The second kappa shape index (κ2) is 8.34. The average Bonchev–Trinajstić information content (AvgIpc) is 3.14. The summed E-state index contributed by atoms with van der Waals surface area (Å²) in [5.41, 5.74) is 3.97. The van der Waals surface area contributed by atoms with E-state index >= 15 is 0 Å². The Morgan fingerprint density at radius 2 is 1.85 bits per heavy atom. The van der Waals surface area contributed by atoms with Crippen LogP contribution >= 0.6 is 0 Å². The van der Waals surface area contributed by atoms with Crippen LogP contribution in [0.5, 0.6) is 5.75 Å². The number of aryl methyl sites for hydroxylation is 2. The van der Waals surface area contributed by atoms with Crippen LogP contribution in [0.2, 0.25) is 0 Å². The van der Waals surface area contributed by atoms with E-state index in [1.807, 2.05) is 61.5 Å². The summed E-state index contributed by atoms with van der Waals surface area (Å²) >= 11 is 0. The van der Waals surface area contributed by atoms with Crippen molar-refractivity contribution < 1.29 is 14.1 Å². The molecule has 0 saturated carbocycles. The Labute approximate surface area is 153 Å². The molecule has 0 saturated heterocycles. The van der Waals surface area contributed by atoms with Crippen LogP contribution in [0, 0.1) is 6.92 Å². The fourth-order valence-electron chi connectivity index (χ4n) is 2.58. The maximum absolute atomic E-state index is 12.0. The van der Waals surface area contributed by atoms with Gasteiger partial charge in [-0.05, 0) is 31.0 Å². The molecule has 1 heterocycles. The summed E-state index contributed by atoms with van der Waals surface area (Å²) < 4.78 is 10.5. The van der Waals surface area contributed by atoms with E-state index in [1.165, 1.54) is 5.56 Å². The molecule has 5 nitrogen and oxygen atoms in total. The molecule has 0 atom stereocenters. The van der Waals surface area contributed by atoms with Crippen LogP contribution in [-0.4, -0.2) is 18.2 Å². The number of methoxy groups -OCH3 is 1. The van der Waals surface area contributed by atoms with Crippen molar-refractivity contribution in [2.75, 3.05) is 7.11 Å². The molecule has 3 aromatic rings. The van der Waals surface area contributed by atoms with Gasteiger partial charge in [-0.15, -0.1) is 0 Å². The van der Waals surface area contributed by atoms with Crippen molar-refractivity contribution in [3.8, 4) is 17.1 Å². The molecule has 2 aromatic carbocycles. The van der Waals surface area contributed by atoms with E-state index in [4.69, 9.17) is 9.26 Å². The first-order valence-electron chi connectivity index (χ1n) is 8.56. The summed E-state index contributed by atoms with van der Waals surface area (Å²) in [4.78, 5) is 12.0. The number of rotatable bonds is 7. The lowest BCUT2D eigenvalue weighted by atomic mass is 10.1. The lowest BCUT2D eigenvalue weighted by Gasteiger charge is -2.04. The monoisotopic (exact) mass is 350 g/mol. The van der Waals surface area contributed by atoms with Crippen LogP contribution in [-0.2, 0) is 17.8 Å². The standard InChI is InChI=1S/C21H22N2O3/c1-15-3-8-17(9-4-15)20-13-18(23-26-20)14-22-21(24)12-7-16-5-10-19(25-2)11-6-16/h3-6,8-11,13H,7,12,14H2,1-2H3,(H,22,24). The van der Waals surface area contributed by atoms with Gasteiger partial charge in [0.15, 0.2) is 5.76 Å². The minimum Gasteiger partial charge on any atom is -0.497 e. The van der Waals surface area contributed by atoms with E-state index in [0.29, 0.717) is 30.8 Å². The molecule has 0 spiro atoms. The zero-order chi connectivity index (χ0) is 18.4. The number of nitrogens with zero attached hydrogens (tertiary/aromatic N) is 1. The number of carbonyl (C=O) groups is 1. The summed E-state index contributed by atoms with van der Waals surface area (Å²) in [7, 11) is 1.64. The highest BCUT2D eigenvalue weighted by atomic mass is 16.5. The van der Waals surface area contributed by atoms with Crippen LogP contribution in [0.1, 0.15) is 23.2 Å². The second-order valence-electron chi connectivity index (χ2n) is 6.17. The Morgan fingerprint density at radius 3 is 2.54 bits per heavy atom. The smallest absolute Gasteiger partial charge is 0.220 e. The van der Waals surface area contributed by atoms with Crippen molar-refractivity contribution in [1.82, 2.24) is 10.5 Å². The fourth-order valence-corrected chi connectivity index (χ4v) is 2.58. The maximum atomic E-state index is 12.0. The molecule has 0 fully saturated rings. The van der Waals surface area contributed by atoms with Gasteiger partial charge in [0.2, 0.25) is 5.91 Å². The first-order chi connectivity index (χ1) is 12.6. The minimum absolute atomic E-state index is 0.0132. The number of nitrogens with one attached hydrogen (secondary N) is 1. The molecule has 0 unspecified atom stereocenters. The minimum atomic E-state index is -0.0132. The highest BCUT2D eigenvalue weighted by Gasteiger charge is 2.08. The normalized spacial score (nSPS) is 10.5. The molecule has 0 aliphatic rings. The maximum Gasteiger partial charge on any atom is 0.220 e. The van der Waals surface area contributed by atoms with Gasteiger partial charge in [-0.25, -0.2) is 0 Å². The Morgan fingerprint density at radius 1 is 1.12 bits per heavy atom. The van der Waals surface area contributed by atoms with Gasteiger partial charge >= 0.3 is 0 Å². The molecule has 0 radical (unpaired) electrons. The quantitative estimate of drug-likeness (QED) is 0.702. The highest BCUT2D eigenvalue weighted by Crippen LogP contribution is 2.20. The van der Waals surface area contributed by atoms with Gasteiger partial charge in [0.05, 0.1) is 13.7 Å². The van der Waals surface area contributed by atoms with Crippen molar-refractivity contribution in [2.45, 2.75) is 26.3 Å². The topological polar surface area (TPSA) is 64.4 Å². The summed E-state index contributed by atoms with van der Waals surface area (Å²) in [5, 5.41) is 6.90. The molecule has 5 heteroatoms. The number of hydrogen-bond acceptors (Lipinski definition) is 4. The molecule has 134 valence electrons. The molecular formula is C21H22N2O3. The highest BCUT2D eigenvalue weighted by molar-refractivity contribution is 5.76. The zero-order valence-corrected chi connectivity index (χ0v) is 15.0. The molecule has 1 aromatic heterocycles. The first kappa shape index (κ1) is 17.7. The summed E-state index contributed by atoms with van der Waals surface area (Å²) in [6.07, 6.45) is 1.11. The van der Waals surface area contributed by atoms with Gasteiger partial charge in [-0.2, -0.15) is 0 Å². The zero-order valence-electron chi connectivity index (χ0n) is 15.0. The Bertz CT molecular complexity index is 852. The summed E-state index contributed by atoms with van der Waals surface area (Å²) in [6, 6.07) is 17.6. The van der Waals surface area contributed by atoms with E-state index in [0.717, 1.165) is 16.9 Å². The Balaban J connectivity index is 1.47. The van der Waals surface area contributed by atoms with Crippen molar-refractivity contribution in [2.24, 2.45) is 0 Å². The van der Waals surface area contributed by atoms with Gasteiger partial charge in [0.25, 0.3) is 0 Å². The van der Waals surface area contributed by atoms with Crippen LogP contribution in [0.3, 0.4) is 0 Å². The van der Waals surface area contributed by atoms with Crippen LogP contribution in [0.25, 0.3) is 11.3 Å². The number of benzene rings is 2. The van der Waals surface area contributed by atoms with Crippen LogP contribution in [0.4, 0.5) is 0 Å². The van der Waals surface area contributed by atoms with E-state index in [1.54, 1.807) is 7.11 Å². The summed E-state index contributed by atoms with van der Waals surface area (Å²) in [6.45, 7) is 2.40. The molecular weight excluding hydrogens is 328 g/mol.